The number of hydrogen-bond donors (Lipinski definition) is 2. The number of nitriles is 1. The number of nitrogens with zero attached hydrogens (tertiary/aromatic N) is 2. The monoisotopic (exact) mass is 194 g/mol. The van der Waals surface area contributed by atoms with E-state index in [1.54, 1.807) is 6.07 Å². The van der Waals surface area contributed by atoms with Crippen LogP contribution in [0.1, 0.15) is 0 Å². The lowest BCUT2D eigenvalue weighted by Gasteiger charge is -1.99. The summed E-state index contributed by atoms with van der Waals surface area (Å²) in [6, 6.07) is 1.67. The molecule has 0 radical (unpaired) electrons. The summed E-state index contributed by atoms with van der Waals surface area (Å²) in [4.78, 5) is 21.9. The number of aromatic nitrogens is 1. The van der Waals surface area contributed by atoms with Gasteiger partial charge in [0.15, 0.2) is 0 Å². The van der Waals surface area contributed by atoms with Crippen molar-refractivity contribution in [3.05, 3.63) is 12.5 Å². The summed E-state index contributed by atoms with van der Waals surface area (Å²) in [5, 5.41) is 15.8. The van der Waals surface area contributed by atoms with Crippen LogP contribution in [0.5, 0.6) is 0 Å². The normalized spacial score (nSPS) is 8.79. The van der Waals surface area contributed by atoms with Crippen LogP contribution in [0.15, 0.2) is 17.0 Å². The highest BCUT2D eigenvalue weighted by atomic mass is 16.5. The standard InChI is InChI=1S/C7H6N4O3/c8-1-2-9-6(12)7(13)11-5-3-10-14-4-5/h3-4H,2H2,(H,9,12)(H,11,13). The van der Waals surface area contributed by atoms with Crippen LogP contribution in [0.25, 0.3) is 0 Å². The lowest BCUT2D eigenvalue weighted by Crippen LogP contribution is -2.35. The van der Waals surface area contributed by atoms with Gasteiger partial charge < -0.3 is 15.2 Å². The van der Waals surface area contributed by atoms with E-state index >= 15 is 0 Å². The molecule has 0 saturated carbocycles. The van der Waals surface area contributed by atoms with Gasteiger partial charge in [-0.3, -0.25) is 9.59 Å². The number of anilines is 1. The number of carbonyl (C=O) groups excluding carboxylic acids is 2. The molecule has 2 amide bonds. The molecule has 2 N–H and O–H groups in total. The second-order valence-corrected chi connectivity index (χ2v) is 2.21. The van der Waals surface area contributed by atoms with Crippen LogP contribution >= 0.6 is 0 Å². The van der Waals surface area contributed by atoms with Gasteiger partial charge in [0.05, 0.1) is 12.3 Å². The first-order valence-electron chi connectivity index (χ1n) is 3.59. The van der Waals surface area contributed by atoms with Crippen LogP contribution in [-0.2, 0) is 9.59 Å². The van der Waals surface area contributed by atoms with Crippen LogP contribution in [0.2, 0.25) is 0 Å². The molecular formula is C7H6N4O3. The van der Waals surface area contributed by atoms with Gasteiger partial charge in [-0.05, 0) is 0 Å². The van der Waals surface area contributed by atoms with E-state index in [4.69, 9.17) is 5.26 Å². The fraction of sp³-hybridized carbons (Fsp3) is 0.143. The third kappa shape index (κ3) is 2.60. The van der Waals surface area contributed by atoms with Gasteiger partial charge in [-0.2, -0.15) is 5.26 Å². The summed E-state index contributed by atoms with van der Waals surface area (Å²) in [5.74, 6) is -1.75. The van der Waals surface area contributed by atoms with E-state index in [-0.39, 0.29) is 12.2 Å². The van der Waals surface area contributed by atoms with Gasteiger partial charge in [-0.1, -0.05) is 5.16 Å². The number of amides is 2. The highest BCUT2D eigenvalue weighted by Crippen LogP contribution is 2.02. The first-order chi connectivity index (χ1) is 6.74. The molecule has 1 aromatic rings. The Morgan fingerprint density at radius 2 is 2.36 bits per heavy atom. The zero-order chi connectivity index (χ0) is 10.4. The van der Waals surface area contributed by atoms with Crippen molar-refractivity contribution >= 4 is 17.5 Å². The molecule has 0 atom stereocenters. The molecule has 1 heterocycles. The molecule has 1 rings (SSSR count). The van der Waals surface area contributed by atoms with E-state index in [0.717, 1.165) is 0 Å². The minimum absolute atomic E-state index is 0.212. The van der Waals surface area contributed by atoms with Gasteiger partial charge in [0.1, 0.15) is 18.5 Å². The van der Waals surface area contributed by atoms with E-state index < -0.39 is 11.8 Å². The number of hydrogen-bond acceptors (Lipinski definition) is 5. The third-order valence-corrected chi connectivity index (χ3v) is 1.22. The maximum atomic E-state index is 11.0. The van der Waals surface area contributed by atoms with Crippen molar-refractivity contribution in [2.24, 2.45) is 0 Å². The van der Waals surface area contributed by atoms with E-state index in [1.807, 2.05) is 0 Å². The second kappa shape index (κ2) is 4.61. The summed E-state index contributed by atoms with van der Waals surface area (Å²) in [7, 11) is 0. The van der Waals surface area contributed by atoms with Crippen LogP contribution in [0.3, 0.4) is 0 Å². The van der Waals surface area contributed by atoms with Crippen LogP contribution in [0.4, 0.5) is 5.69 Å². The summed E-state index contributed by atoms with van der Waals surface area (Å²) >= 11 is 0. The first-order valence-corrected chi connectivity index (χ1v) is 3.59. The Morgan fingerprint density at radius 1 is 1.57 bits per heavy atom. The SMILES string of the molecule is N#CCNC(=O)C(=O)Nc1cnoc1. The Bertz CT molecular complexity index is 365. The zero-order valence-corrected chi connectivity index (χ0v) is 6.98. The molecular weight excluding hydrogens is 188 g/mol. The quantitative estimate of drug-likeness (QED) is 0.475. The molecule has 14 heavy (non-hydrogen) atoms. The van der Waals surface area contributed by atoms with Crippen molar-refractivity contribution in [3.8, 4) is 6.07 Å². The minimum Gasteiger partial charge on any atom is -0.363 e. The van der Waals surface area contributed by atoms with Crippen molar-refractivity contribution in [2.45, 2.75) is 0 Å². The third-order valence-electron chi connectivity index (χ3n) is 1.22. The number of carbonyl (C=O) groups is 2. The lowest BCUT2D eigenvalue weighted by molar-refractivity contribution is -0.136. The molecule has 1 aromatic heterocycles. The molecule has 0 unspecified atom stereocenters. The Labute approximate surface area is 78.7 Å². The number of nitrogens with one attached hydrogen (secondary N) is 2. The van der Waals surface area contributed by atoms with E-state index in [2.05, 4.69) is 20.3 Å². The second-order valence-electron chi connectivity index (χ2n) is 2.21. The van der Waals surface area contributed by atoms with Crippen LogP contribution in [-0.4, -0.2) is 23.5 Å². The molecule has 0 spiro atoms. The summed E-state index contributed by atoms with van der Waals surface area (Å²) in [6.45, 7) is -0.212. The van der Waals surface area contributed by atoms with Crippen molar-refractivity contribution < 1.29 is 14.1 Å². The molecule has 7 nitrogen and oxygen atoms in total. The molecule has 0 aliphatic heterocycles. The highest BCUT2D eigenvalue weighted by molar-refractivity contribution is 6.39. The summed E-state index contributed by atoms with van der Waals surface area (Å²) in [5.41, 5.74) is 0.280. The summed E-state index contributed by atoms with van der Waals surface area (Å²) < 4.78 is 4.43. The molecule has 7 heteroatoms. The Morgan fingerprint density at radius 3 is 2.93 bits per heavy atom. The maximum absolute atomic E-state index is 11.0. The Balaban J connectivity index is 2.43. The molecule has 0 bridgehead atoms. The predicted molar refractivity (Wildman–Crippen MR) is 43.8 cm³/mol. The van der Waals surface area contributed by atoms with Crippen LogP contribution in [0, 0.1) is 11.3 Å². The molecule has 0 aromatic carbocycles. The average molecular weight is 194 g/mol. The van der Waals surface area contributed by atoms with Gasteiger partial charge in [-0.15, -0.1) is 0 Å². The first kappa shape index (κ1) is 9.73. The molecule has 0 fully saturated rings. The van der Waals surface area contributed by atoms with E-state index in [1.165, 1.54) is 12.5 Å². The molecule has 0 aliphatic rings. The van der Waals surface area contributed by atoms with Crippen molar-refractivity contribution in [3.63, 3.8) is 0 Å². The van der Waals surface area contributed by atoms with Gasteiger partial charge in [-0.25, -0.2) is 0 Å². The fourth-order valence-electron chi connectivity index (χ4n) is 0.655. The topological polar surface area (TPSA) is 108 Å². The van der Waals surface area contributed by atoms with Crippen LogP contribution < -0.4 is 10.6 Å². The smallest absolute Gasteiger partial charge is 0.313 e. The van der Waals surface area contributed by atoms with Gasteiger partial charge >= 0.3 is 11.8 Å². The Kier molecular flexibility index (Phi) is 3.20. The lowest BCUT2D eigenvalue weighted by atomic mass is 10.5. The fourth-order valence-corrected chi connectivity index (χ4v) is 0.655. The number of rotatable bonds is 2. The van der Waals surface area contributed by atoms with Crippen molar-refractivity contribution in [2.75, 3.05) is 11.9 Å². The zero-order valence-electron chi connectivity index (χ0n) is 6.98. The predicted octanol–water partition coefficient (Wildman–Crippen LogP) is -0.747. The van der Waals surface area contributed by atoms with E-state index in [0.29, 0.717) is 0 Å². The van der Waals surface area contributed by atoms with Gasteiger partial charge in [0.25, 0.3) is 0 Å². The highest BCUT2D eigenvalue weighted by Gasteiger charge is 2.13. The molecule has 0 aliphatic carbocycles. The molecule has 72 valence electrons. The Hall–Kier alpha value is -2.36. The minimum atomic E-state index is -0.882. The van der Waals surface area contributed by atoms with Crippen molar-refractivity contribution in [1.29, 1.82) is 5.26 Å². The largest absolute Gasteiger partial charge is 0.363 e. The van der Waals surface area contributed by atoms with Gasteiger partial charge in [0, 0.05) is 0 Å². The van der Waals surface area contributed by atoms with Gasteiger partial charge in [0.2, 0.25) is 0 Å². The molecule has 0 saturated heterocycles. The average Bonchev–Trinajstić information content (AvgIpc) is 2.66. The maximum Gasteiger partial charge on any atom is 0.313 e. The van der Waals surface area contributed by atoms with Crippen molar-refractivity contribution in [1.82, 2.24) is 10.5 Å². The summed E-state index contributed by atoms with van der Waals surface area (Å²) in [6.07, 6.45) is 2.42. The van der Waals surface area contributed by atoms with E-state index in [9.17, 15) is 9.59 Å².